The summed E-state index contributed by atoms with van der Waals surface area (Å²) in [5, 5.41) is 0. The zero-order valence-corrected chi connectivity index (χ0v) is 14.4. The molecular weight excluding hydrogens is 270 g/mol. The molecule has 0 heterocycles. The molecule has 2 nitrogen and oxygen atoms in total. The summed E-state index contributed by atoms with van der Waals surface area (Å²) >= 11 is 0. The Kier molecular flexibility index (Phi) is 11.6. The molecule has 0 spiro atoms. The molecule has 22 heavy (non-hydrogen) atoms. The van der Waals surface area contributed by atoms with E-state index in [0.29, 0.717) is 11.4 Å². The first-order chi connectivity index (χ1) is 10.8. The molecule has 0 atom stereocenters. The van der Waals surface area contributed by atoms with E-state index in [0.717, 1.165) is 13.0 Å². The fourth-order valence-corrected chi connectivity index (χ4v) is 2.72. The zero-order chi connectivity index (χ0) is 15.9. The molecule has 2 heteroatoms. The second kappa shape index (κ2) is 13.5. The van der Waals surface area contributed by atoms with Gasteiger partial charge in [-0.2, -0.15) is 0 Å². The van der Waals surface area contributed by atoms with Gasteiger partial charge in [-0.1, -0.05) is 89.7 Å². The summed E-state index contributed by atoms with van der Waals surface area (Å²) in [6.07, 6.45) is 16.3. The molecule has 1 aromatic rings. The monoisotopic (exact) mass is 304 g/mol. The van der Waals surface area contributed by atoms with Crippen molar-refractivity contribution in [2.75, 3.05) is 6.61 Å². The Bertz CT molecular complexity index is 364. The summed E-state index contributed by atoms with van der Waals surface area (Å²) in [7, 11) is 0. The number of hydrogen-bond donors (Lipinski definition) is 0. The molecule has 0 bridgehead atoms. The quantitative estimate of drug-likeness (QED) is 0.353. The average molecular weight is 304 g/mol. The molecule has 1 radical (unpaired) electrons. The second-order valence-electron chi connectivity index (χ2n) is 6.23. The molecule has 0 aliphatic rings. The zero-order valence-electron chi connectivity index (χ0n) is 14.4. The largest absolute Gasteiger partial charge is 0.491 e. The third kappa shape index (κ3) is 9.70. The van der Waals surface area contributed by atoms with Gasteiger partial charge < -0.3 is 4.74 Å². The van der Waals surface area contributed by atoms with Gasteiger partial charge in [0, 0.05) is 0 Å². The maximum atomic E-state index is 7.71. The lowest BCUT2D eigenvalue weighted by Gasteiger charge is -2.07. The highest BCUT2D eigenvalue weighted by Gasteiger charge is 1.98. The molecule has 0 unspecified atom stereocenters. The van der Waals surface area contributed by atoms with Crippen molar-refractivity contribution in [1.29, 1.82) is 0 Å². The Morgan fingerprint density at radius 2 is 1.23 bits per heavy atom. The summed E-state index contributed by atoms with van der Waals surface area (Å²) in [5.41, 5.74) is 8.20. The standard InChI is InChI=1S/C20H34NO/c1-2-3-4-5-6-7-8-9-10-11-12-15-18-22-20-17-14-13-16-19(20)21/h13-14,16-17,21H,2-12,15,18H2,1H3. The number of benzene rings is 1. The Morgan fingerprint density at radius 1 is 0.727 bits per heavy atom. The fourth-order valence-electron chi connectivity index (χ4n) is 2.72. The maximum Gasteiger partial charge on any atom is 0.144 e. The first-order valence-electron chi connectivity index (χ1n) is 9.28. The van der Waals surface area contributed by atoms with Crippen LogP contribution < -0.4 is 10.5 Å². The smallest absolute Gasteiger partial charge is 0.144 e. The molecule has 0 saturated heterocycles. The van der Waals surface area contributed by atoms with Gasteiger partial charge in [0.05, 0.1) is 12.3 Å². The molecule has 1 N–H and O–H groups in total. The van der Waals surface area contributed by atoms with Crippen LogP contribution >= 0.6 is 0 Å². The van der Waals surface area contributed by atoms with Crippen molar-refractivity contribution in [3.05, 3.63) is 24.3 Å². The minimum atomic E-state index is 0.487. The lowest BCUT2D eigenvalue weighted by Crippen LogP contribution is -1.97. The van der Waals surface area contributed by atoms with Gasteiger partial charge in [-0.15, -0.1) is 0 Å². The van der Waals surface area contributed by atoms with E-state index in [9.17, 15) is 0 Å². The van der Waals surface area contributed by atoms with Crippen LogP contribution in [0.5, 0.6) is 5.75 Å². The van der Waals surface area contributed by atoms with Gasteiger partial charge >= 0.3 is 0 Å². The van der Waals surface area contributed by atoms with Crippen LogP contribution in [0.4, 0.5) is 5.69 Å². The van der Waals surface area contributed by atoms with E-state index in [4.69, 9.17) is 10.5 Å². The Labute approximate surface area is 137 Å². The van der Waals surface area contributed by atoms with Gasteiger partial charge in [-0.05, 0) is 18.6 Å². The van der Waals surface area contributed by atoms with E-state index in [1.807, 2.05) is 18.2 Å². The van der Waals surface area contributed by atoms with Gasteiger partial charge in [0.25, 0.3) is 0 Å². The van der Waals surface area contributed by atoms with Crippen LogP contribution in [0, 0.1) is 0 Å². The number of rotatable bonds is 14. The number of para-hydroxylation sites is 1. The SMILES string of the molecule is CCCCCCCCCCCCCCOc1ccccc1[NH]. The lowest BCUT2D eigenvalue weighted by atomic mass is 10.1. The predicted molar refractivity (Wildman–Crippen MR) is 95.8 cm³/mol. The molecule has 0 saturated carbocycles. The van der Waals surface area contributed by atoms with Gasteiger partial charge in [0.15, 0.2) is 0 Å². The highest BCUT2D eigenvalue weighted by atomic mass is 16.5. The summed E-state index contributed by atoms with van der Waals surface area (Å²) in [4.78, 5) is 0. The topological polar surface area (TPSA) is 33.0 Å². The van der Waals surface area contributed by atoms with Crippen LogP contribution in [0.15, 0.2) is 24.3 Å². The van der Waals surface area contributed by atoms with Gasteiger partial charge in [0.1, 0.15) is 5.75 Å². The number of unbranched alkanes of at least 4 members (excludes halogenated alkanes) is 11. The van der Waals surface area contributed by atoms with Crippen molar-refractivity contribution >= 4 is 5.69 Å². The van der Waals surface area contributed by atoms with Gasteiger partial charge in [-0.25, -0.2) is 0 Å². The van der Waals surface area contributed by atoms with Gasteiger partial charge in [0.2, 0.25) is 0 Å². The molecule has 0 fully saturated rings. The highest BCUT2D eigenvalue weighted by molar-refractivity contribution is 5.48. The first-order valence-corrected chi connectivity index (χ1v) is 9.28. The predicted octanol–water partition coefficient (Wildman–Crippen LogP) is 6.68. The van der Waals surface area contributed by atoms with Crippen molar-refractivity contribution in [3.63, 3.8) is 0 Å². The minimum Gasteiger partial charge on any atom is -0.491 e. The molecule has 0 aliphatic carbocycles. The van der Waals surface area contributed by atoms with E-state index in [2.05, 4.69) is 6.92 Å². The van der Waals surface area contributed by atoms with Crippen LogP contribution in [0.25, 0.3) is 0 Å². The summed E-state index contributed by atoms with van der Waals surface area (Å²) in [6.45, 7) is 3.02. The molecule has 0 aliphatic heterocycles. The van der Waals surface area contributed by atoms with E-state index in [1.165, 1.54) is 70.6 Å². The maximum absolute atomic E-state index is 7.71. The minimum absolute atomic E-state index is 0.487. The van der Waals surface area contributed by atoms with Crippen molar-refractivity contribution in [1.82, 2.24) is 5.73 Å². The normalized spacial score (nSPS) is 10.8. The molecule has 0 aromatic heterocycles. The molecule has 1 aromatic carbocycles. The van der Waals surface area contributed by atoms with E-state index < -0.39 is 0 Å². The van der Waals surface area contributed by atoms with E-state index in [1.54, 1.807) is 6.07 Å². The van der Waals surface area contributed by atoms with Crippen molar-refractivity contribution in [2.45, 2.75) is 84.0 Å². The molecule has 0 amide bonds. The summed E-state index contributed by atoms with van der Waals surface area (Å²) < 4.78 is 5.64. The lowest BCUT2D eigenvalue weighted by molar-refractivity contribution is 0.305. The Balaban J connectivity index is 1.81. The van der Waals surface area contributed by atoms with Crippen LogP contribution in [-0.4, -0.2) is 6.61 Å². The Hall–Kier alpha value is -1.18. The Morgan fingerprint density at radius 3 is 1.77 bits per heavy atom. The number of ether oxygens (including phenoxy) is 1. The molecule has 1 rings (SSSR count). The third-order valence-corrected chi connectivity index (χ3v) is 4.14. The van der Waals surface area contributed by atoms with Crippen LogP contribution in [0.2, 0.25) is 0 Å². The fraction of sp³-hybridized carbons (Fsp3) is 0.700. The van der Waals surface area contributed by atoms with Crippen LogP contribution in [0.3, 0.4) is 0 Å². The van der Waals surface area contributed by atoms with E-state index in [-0.39, 0.29) is 0 Å². The van der Waals surface area contributed by atoms with Crippen molar-refractivity contribution < 1.29 is 4.74 Å². The first kappa shape index (κ1) is 18.9. The number of nitrogens with one attached hydrogen (secondary N) is 1. The van der Waals surface area contributed by atoms with Crippen LogP contribution in [0.1, 0.15) is 84.0 Å². The summed E-state index contributed by atoms with van der Waals surface area (Å²) in [6, 6.07) is 7.45. The molecule has 125 valence electrons. The van der Waals surface area contributed by atoms with Crippen molar-refractivity contribution in [2.24, 2.45) is 0 Å². The van der Waals surface area contributed by atoms with E-state index >= 15 is 0 Å². The molecular formula is C20H34NO. The summed E-state index contributed by atoms with van der Waals surface area (Å²) in [5.74, 6) is 0.713. The van der Waals surface area contributed by atoms with Crippen LogP contribution in [-0.2, 0) is 0 Å². The second-order valence-corrected chi connectivity index (χ2v) is 6.23. The van der Waals surface area contributed by atoms with Crippen molar-refractivity contribution in [3.8, 4) is 5.75 Å². The average Bonchev–Trinajstić information content (AvgIpc) is 2.53. The third-order valence-electron chi connectivity index (χ3n) is 4.14. The highest BCUT2D eigenvalue weighted by Crippen LogP contribution is 2.21. The van der Waals surface area contributed by atoms with Gasteiger partial charge in [-0.3, -0.25) is 5.73 Å². The number of hydrogen-bond acceptors (Lipinski definition) is 1.